The van der Waals surface area contributed by atoms with E-state index in [1.165, 1.54) is 29.8 Å². The Morgan fingerprint density at radius 3 is 2.89 bits per heavy atom. The van der Waals surface area contributed by atoms with E-state index in [0.717, 1.165) is 35.5 Å². The van der Waals surface area contributed by atoms with Crippen LogP contribution in [0.15, 0.2) is 17.6 Å². The highest BCUT2D eigenvalue weighted by Gasteiger charge is 2.17. The number of carbonyl (C=O) groups excluding carboxylic acids is 2. The first-order valence-electron chi connectivity index (χ1n) is 8.52. The van der Waals surface area contributed by atoms with Gasteiger partial charge < -0.3 is 9.72 Å². The van der Waals surface area contributed by atoms with Gasteiger partial charge in [0, 0.05) is 17.1 Å². The summed E-state index contributed by atoms with van der Waals surface area (Å²) in [5.41, 5.74) is 2.52. The summed E-state index contributed by atoms with van der Waals surface area (Å²) in [4.78, 5) is 36.5. The second kappa shape index (κ2) is 8.45. The van der Waals surface area contributed by atoms with Gasteiger partial charge in [-0.05, 0) is 25.8 Å². The van der Waals surface area contributed by atoms with Crippen LogP contribution in [-0.2, 0) is 11.2 Å². The maximum atomic E-state index is 12.6. The number of nitrogens with zero attached hydrogens (tertiary/aromatic N) is 2. The van der Waals surface area contributed by atoms with Gasteiger partial charge in [-0.25, -0.2) is 14.8 Å². The molecule has 0 aliphatic carbocycles. The number of hydrogen-bond acceptors (Lipinski definition) is 7. The molecular formula is C18H20N4O3S2. The first-order chi connectivity index (χ1) is 13.0. The molecule has 9 heteroatoms. The van der Waals surface area contributed by atoms with Crippen LogP contribution in [0.4, 0.5) is 5.13 Å². The Bertz CT molecular complexity index is 958. The Morgan fingerprint density at radius 2 is 2.15 bits per heavy atom. The summed E-state index contributed by atoms with van der Waals surface area (Å²) in [6.45, 7) is 3.98. The molecule has 0 saturated carbocycles. The van der Waals surface area contributed by atoms with Gasteiger partial charge in [0.25, 0.3) is 5.91 Å². The highest BCUT2D eigenvalue weighted by atomic mass is 32.1. The van der Waals surface area contributed by atoms with Crippen LogP contribution in [0.1, 0.15) is 50.6 Å². The van der Waals surface area contributed by atoms with Crippen molar-refractivity contribution in [1.82, 2.24) is 15.0 Å². The number of nitrogens with one attached hydrogen (secondary N) is 2. The Morgan fingerprint density at radius 1 is 1.33 bits per heavy atom. The van der Waals surface area contributed by atoms with Gasteiger partial charge in [-0.2, -0.15) is 0 Å². The number of aromatic nitrogens is 3. The summed E-state index contributed by atoms with van der Waals surface area (Å²) in [7, 11) is 1.33. The number of hydrogen-bond donors (Lipinski definition) is 2. The molecule has 0 spiro atoms. The number of carbonyl (C=O) groups is 2. The number of rotatable bonds is 7. The van der Waals surface area contributed by atoms with Crippen LogP contribution in [0.3, 0.4) is 0 Å². The zero-order valence-electron chi connectivity index (χ0n) is 15.3. The van der Waals surface area contributed by atoms with Crippen molar-refractivity contribution in [1.29, 1.82) is 0 Å². The number of esters is 1. The van der Waals surface area contributed by atoms with Gasteiger partial charge in [0.15, 0.2) is 5.13 Å². The quantitative estimate of drug-likeness (QED) is 0.573. The number of aryl methyl sites for hydroxylation is 2. The van der Waals surface area contributed by atoms with E-state index in [1.54, 1.807) is 12.3 Å². The Kier molecular flexibility index (Phi) is 6.02. The molecule has 3 aromatic heterocycles. The van der Waals surface area contributed by atoms with Gasteiger partial charge in [-0.1, -0.05) is 13.3 Å². The zero-order valence-corrected chi connectivity index (χ0v) is 16.9. The highest BCUT2D eigenvalue weighted by Crippen LogP contribution is 2.27. The van der Waals surface area contributed by atoms with Crippen molar-refractivity contribution in [3.63, 3.8) is 0 Å². The van der Waals surface area contributed by atoms with Gasteiger partial charge in [-0.15, -0.1) is 22.7 Å². The van der Waals surface area contributed by atoms with Crippen LogP contribution in [0, 0.1) is 6.92 Å². The second-order valence-electron chi connectivity index (χ2n) is 5.91. The first-order valence-corrected chi connectivity index (χ1v) is 10.2. The molecule has 0 aliphatic rings. The van der Waals surface area contributed by atoms with Crippen molar-refractivity contribution in [2.75, 3.05) is 12.4 Å². The summed E-state index contributed by atoms with van der Waals surface area (Å²) in [5.74, 6) is -0.637. The molecule has 3 heterocycles. The van der Waals surface area contributed by atoms with Crippen LogP contribution in [0.2, 0.25) is 0 Å². The fourth-order valence-electron chi connectivity index (χ4n) is 2.49. The highest BCUT2D eigenvalue weighted by molar-refractivity contribution is 7.15. The molecule has 0 aromatic carbocycles. The van der Waals surface area contributed by atoms with Crippen LogP contribution < -0.4 is 5.32 Å². The van der Waals surface area contributed by atoms with E-state index in [0.29, 0.717) is 21.4 Å². The first kappa shape index (κ1) is 19.2. The molecule has 0 radical (unpaired) electrons. The van der Waals surface area contributed by atoms with Crippen molar-refractivity contribution in [3.8, 4) is 11.3 Å². The van der Waals surface area contributed by atoms with E-state index in [-0.39, 0.29) is 5.91 Å². The SMILES string of the molecule is CCCCc1nc(C)c(C(=O)Nc2nc(-c3c[nH]c(C(=O)OC)c3)cs2)s1. The number of aromatic amines is 1. The lowest BCUT2D eigenvalue weighted by Crippen LogP contribution is -2.11. The lowest BCUT2D eigenvalue weighted by Gasteiger charge is -1.99. The summed E-state index contributed by atoms with van der Waals surface area (Å²) >= 11 is 2.76. The zero-order chi connectivity index (χ0) is 19.4. The van der Waals surface area contributed by atoms with Crippen molar-refractivity contribution in [3.05, 3.63) is 38.9 Å². The molecule has 0 aliphatic heterocycles. The topological polar surface area (TPSA) is 97.0 Å². The molecule has 2 N–H and O–H groups in total. The fraction of sp³-hybridized carbons (Fsp3) is 0.333. The smallest absolute Gasteiger partial charge is 0.354 e. The molecule has 142 valence electrons. The van der Waals surface area contributed by atoms with Crippen molar-refractivity contribution in [2.45, 2.75) is 33.1 Å². The number of amides is 1. The van der Waals surface area contributed by atoms with Crippen molar-refractivity contribution in [2.24, 2.45) is 0 Å². The maximum absolute atomic E-state index is 12.6. The lowest BCUT2D eigenvalue weighted by atomic mass is 10.2. The summed E-state index contributed by atoms with van der Waals surface area (Å²) in [6, 6.07) is 1.67. The number of H-pyrrole nitrogens is 1. The van der Waals surface area contributed by atoms with E-state index < -0.39 is 5.97 Å². The van der Waals surface area contributed by atoms with E-state index >= 15 is 0 Å². The van der Waals surface area contributed by atoms with Crippen molar-refractivity contribution < 1.29 is 14.3 Å². The van der Waals surface area contributed by atoms with Crippen LogP contribution in [0.25, 0.3) is 11.3 Å². The predicted octanol–water partition coefficient (Wildman–Crippen LogP) is 4.28. The molecule has 0 saturated heterocycles. The van der Waals surface area contributed by atoms with Gasteiger partial charge in [0.2, 0.25) is 0 Å². The van der Waals surface area contributed by atoms with Gasteiger partial charge >= 0.3 is 5.97 Å². The number of anilines is 1. The summed E-state index contributed by atoms with van der Waals surface area (Å²) in [5, 5.41) is 6.15. The van der Waals surface area contributed by atoms with E-state index in [4.69, 9.17) is 0 Å². The molecule has 0 fully saturated rings. The minimum atomic E-state index is -0.440. The monoisotopic (exact) mass is 404 g/mol. The van der Waals surface area contributed by atoms with Gasteiger partial charge in [0.1, 0.15) is 10.6 Å². The Labute approximate surface area is 164 Å². The molecule has 1 amide bonds. The molecule has 7 nitrogen and oxygen atoms in total. The second-order valence-corrected chi connectivity index (χ2v) is 7.85. The summed E-state index contributed by atoms with van der Waals surface area (Å²) in [6.07, 6.45) is 4.74. The number of unbranched alkanes of at least 4 members (excludes halogenated alkanes) is 1. The Hall–Kier alpha value is -2.52. The molecule has 0 unspecified atom stereocenters. The minimum absolute atomic E-state index is 0.196. The van der Waals surface area contributed by atoms with Crippen molar-refractivity contribution >= 4 is 39.7 Å². The maximum Gasteiger partial charge on any atom is 0.354 e. The van der Waals surface area contributed by atoms with E-state index in [9.17, 15) is 9.59 Å². The third-order valence-electron chi connectivity index (χ3n) is 3.90. The largest absolute Gasteiger partial charge is 0.464 e. The average molecular weight is 405 g/mol. The predicted molar refractivity (Wildman–Crippen MR) is 107 cm³/mol. The molecule has 27 heavy (non-hydrogen) atoms. The number of methoxy groups -OCH3 is 1. The van der Waals surface area contributed by atoms with E-state index in [1.807, 2.05) is 12.3 Å². The fourth-order valence-corrected chi connectivity index (χ4v) is 4.20. The molecular weight excluding hydrogens is 384 g/mol. The number of thiazole rings is 2. The van der Waals surface area contributed by atoms with Gasteiger partial charge in [-0.3, -0.25) is 10.1 Å². The molecule has 3 rings (SSSR count). The normalized spacial score (nSPS) is 10.8. The molecule has 0 bridgehead atoms. The third-order valence-corrected chi connectivity index (χ3v) is 5.87. The van der Waals surface area contributed by atoms with Gasteiger partial charge in [0.05, 0.1) is 23.5 Å². The van der Waals surface area contributed by atoms with Crippen LogP contribution in [-0.4, -0.2) is 33.9 Å². The van der Waals surface area contributed by atoms with Crippen LogP contribution >= 0.6 is 22.7 Å². The van der Waals surface area contributed by atoms with Crippen LogP contribution in [0.5, 0.6) is 0 Å². The van der Waals surface area contributed by atoms with E-state index in [2.05, 4.69) is 31.9 Å². The third kappa shape index (κ3) is 4.42. The lowest BCUT2D eigenvalue weighted by molar-refractivity contribution is 0.0594. The summed E-state index contributed by atoms with van der Waals surface area (Å²) < 4.78 is 4.68. The Balaban J connectivity index is 1.70. The molecule has 0 atom stereocenters. The number of ether oxygens (including phenoxy) is 1. The molecule has 3 aromatic rings. The standard InChI is InChI=1S/C18H20N4O3S2/c1-4-5-6-14-20-10(2)15(27-14)16(23)22-18-21-13(9-26-18)11-7-12(19-8-11)17(24)25-3/h7-9,19H,4-6H2,1-3H3,(H,21,22,23). The average Bonchev–Trinajstić information content (AvgIpc) is 3.38. The minimum Gasteiger partial charge on any atom is -0.464 e.